The lowest BCUT2D eigenvalue weighted by Crippen LogP contribution is -2.16. The van der Waals surface area contributed by atoms with Crippen molar-refractivity contribution in [2.24, 2.45) is 0 Å². The fourth-order valence-electron chi connectivity index (χ4n) is 2.47. The zero-order valence-corrected chi connectivity index (χ0v) is 13.7. The maximum absolute atomic E-state index is 12.6. The zero-order valence-electron chi connectivity index (χ0n) is 13.7. The molecule has 8 heteroatoms. The number of aromatic nitrogens is 2. The minimum atomic E-state index is -4.61. The standard InChI is InChI=1S/C19H11F3N4O/c20-19(21,22)16-9-10-17(26-25-16)24-18(27)15-8-4-3-7-14(15)13-6-2-1-5-12(13)11-23/h1-10H,(H,24,26,27). The van der Waals surface area contributed by atoms with Gasteiger partial charge < -0.3 is 5.32 Å². The van der Waals surface area contributed by atoms with E-state index >= 15 is 0 Å². The first kappa shape index (κ1) is 18.1. The number of nitriles is 1. The van der Waals surface area contributed by atoms with Crippen LogP contribution < -0.4 is 5.32 Å². The number of hydrogen-bond acceptors (Lipinski definition) is 4. The Morgan fingerprint density at radius 1 is 0.926 bits per heavy atom. The van der Waals surface area contributed by atoms with Crippen LogP contribution in [0, 0.1) is 11.3 Å². The number of hydrogen-bond donors (Lipinski definition) is 1. The molecule has 0 radical (unpaired) electrons. The number of amides is 1. The van der Waals surface area contributed by atoms with E-state index in [1.807, 2.05) is 0 Å². The molecule has 134 valence electrons. The lowest BCUT2D eigenvalue weighted by molar-refractivity contribution is -0.141. The van der Waals surface area contributed by atoms with Crippen molar-refractivity contribution in [1.82, 2.24) is 10.2 Å². The van der Waals surface area contributed by atoms with Crippen molar-refractivity contribution in [3.05, 3.63) is 77.5 Å². The fraction of sp³-hybridized carbons (Fsp3) is 0.0526. The van der Waals surface area contributed by atoms with E-state index in [1.54, 1.807) is 48.5 Å². The number of benzene rings is 2. The first-order chi connectivity index (χ1) is 12.9. The molecule has 0 aliphatic heterocycles. The number of rotatable bonds is 3. The number of alkyl halides is 3. The van der Waals surface area contributed by atoms with E-state index in [2.05, 4.69) is 21.6 Å². The zero-order chi connectivity index (χ0) is 19.4. The van der Waals surface area contributed by atoms with Crippen LogP contribution in [0.25, 0.3) is 11.1 Å². The van der Waals surface area contributed by atoms with E-state index in [0.29, 0.717) is 16.7 Å². The van der Waals surface area contributed by atoms with Crippen LogP contribution in [0.2, 0.25) is 0 Å². The topological polar surface area (TPSA) is 78.7 Å². The van der Waals surface area contributed by atoms with E-state index in [-0.39, 0.29) is 11.4 Å². The van der Waals surface area contributed by atoms with Gasteiger partial charge >= 0.3 is 6.18 Å². The van der Waals surface area contributed by atoms with Crippen molar-refractivity contribution < 1.29 is 18.0 Å². The quantitative estimate of drug-likeness (QED) is 0.748. The molecule has 0 fully saturated rings. The second-order valence-corrected chi connectivity index (χ2v) is 5.46. The summed E-state index contributed by atoms with van der Waals surface area (Å²) >= 11 is 0. The Hall–Kier alpha value is -3.73. The number of nitrogens with one attached hydrogen (secondary N) is 1. The predicted octanol–water partition coefficient (Wildman–Crippen LogP) is 4.29. The molecular weight excluding hydrogens is 357 g/mol. The van der Waals surface area contributed by atoms with Crippen LogP contribution >= 0.6 is 0 Å². The van der Waals surface area contributed by atoms with E-state index in [9.17, 15) is 23.2 Å². The van der Waals surface area contributed by atoms with Crippen LogP contribution in [-0.2, 0) is 6.18 Å². The number of carbonyl (C=O) groups is 1. The van der Waals surface area contributed by atoms with Gasteiger partial charge in [0.1, 0.15) is 0 Å². The molecule has 0 aliphatic carbocycles. The third-order valence-corrected chi connectivity index (χ3v) is 3.71. The lowest BCUT2D eigenvalue weighted by atomic mass is 9.95. The normalized spacial score (nSPS) is 10.9. The van der Waals surface area contributed by atoms with Crippen molar-refractivity contribution in [3.63, 3.8) is 0 Å². The van der Waals surface area contributed by atoms with Crippen LogP contribution in [0.1, 0.15) is 21.6 Å². The van der Waals surface area contributed by atoms with Crippen LogP contribution in [-0.4, -0.2) is 16.1 Å². The monoisotopic (exact) mass is 368 g/mol. The second kappa shape index (κ2) is 7.25. The Morgan fingerprint density at radius 2 is 1.59 bits per heavy atom. The number of nitrogens with zero attached hydrogens (tertiary/aromatic N) is 3. The van der Waals surface area contributed by atoms with Crippen LogP contribution in [0.3, 0.4) is 0 Å². The van der Waals surface area contributed by atoms with Crippen LogP contribution in [0.4, 0.5) is 19.0 Å². The lowest BCUT2D eigenvalue weighted by Gasteiger charge is -2.11. The van der Waals surface area contributed by atoms with E-state index in [1.165, 1.54) is 0 Å². The number of halogens is 3. The summed E-state index contributed by atoms with van der Waals surface area (Å²) in [5, 5.41) is 18.2. The Balaban J connectivity index is 1.92. The Morgan fingerprint density at radius 3 is 2.22 bits per heavy atom. The van der Waals surface area contributed by atoms with Gasteiger partial charge in [-0.25, -0.2) is 0 Å². The molecule has 0 spiro atoms. The molecule has 3 aromatic rings. The van der Waals surface area contributed by atoms with Gasteiger partial charge in [0, 0.05) is 11.1 Å². The second-order valence-electron chi connectivity index (χ2n) is 5.46. The van der Waals surface area contributed by atoms with Crippen LogP contribution in [0.15, 0.2) is 60.7 Å². The molecular formula is C19H11F3N4O. The molecule has 0 bridgehead atoms. The van der Waals surface area contributed by atoms with Gasteiger partial charge in [0.15, 0.2) is 11.5 Å². The smallest absolute Gasteiger partial charge is 0.305 e. The Labute approximate surface area is 152 Å². The summed E-state index contributed by atoms with van der Waals surface area (Å²) < 4.78 is 37.6. The summed E-state index contributed by atoms with van der Waals surface area (Å²) in [6.07, 6.45) is -4.61. The highest BCUT2D eigenvalue weighted by atomic mass is 19.4. The van der Waals surface area contributed by atoms with E-state index in [0.717, 1.165) is 12.1 Å². The summed E-state index contributed by atoms with van der Waals surface area (Å²) in [7, 11) is 0. The van der Waals surface area contributed by atoms with Crippen molar-refractivity contribution in [3.8, 4) is 17.2 Å². The minimum Gasteiger partial charge on any atom is -0.305 e. The Kier molecular flexibility index (Phi) is 4.86. The SMILES string of the molecule is N#Cc1ccccc1-c1ccccc1C(=O)Nc1ccc(C(F)(F)F)nn1. The highest BCUT2D eigenvalue weighted by Gasteiger charge is 2.33. The third-order valence-electron chi connectivity index (χ3n) is 3.71. The molecule has 1 amide bonds. The molecule has 1 heterocycles. The first-order valence-corrected chi connectivity index (χ1v) is 7.71. The predicted molar refractivity (Wildman–Crippen MR) is 91.6 cm³/mol. The summed E-state index contributed by atoms with van der Waals surface area (Å²) in [4.78, 5) is 12.6. The van der Waals surface area contributed by atoms with Crippen molar-refractivity contribution in [1.29, 1.82) is 5.26 Å². The molecule has 0 atom stereocenters. The summed E-state index contributed by atoms with van der Waals surface area (Å²) in [6, 6.07) is 17.2. The number of carbonyl (C=O) groups excluding carboxylic acids is 1. The molecule has 3 rings (SSSR count). The molecule has 0 aliphatic rings. The Bertz CT molecular complexity index is 1020. The first-order valence-electron chi connectivity index (χ1n) is 7.71. The minimum absolute atomic E-state index is 0.114. The number of anilines is 1. The van der Waals surface area contributed by atoms with Gasteiger partial charge in [-0.3, -0.25) is 4.79 Å². The van der Waals surface area contributed by atoms with Crippen molar-refractivity contribution in [2.75, 3.05) is 5.32 Å². The maximum atomic E-state index is 12.6. The summed E-state index contributed by atoms with van der Waals surface area (Å²) in [5.74, 6) is -0.691. The van der Waals surface area contributed by atoms with Crippen molar-refractivity contribution in [2.45, 2.75) is 6.18 Å². The van der Waals surface area contributed by atoms with Gasteiger partial charge in [-0.1, -0.05) is 36.4 Å². The maximum Gasteiger partial charge on any atom is 0.435 e. The van der Waals surface area contributed by atoms with Gasteiger partial charge in [0.05, 0.1) is 11.6 Å². The molecule has 5 nitrogen and oxygen atoms in total. The molecule has 0 saturated heterocycles. The summed E-state index contributed by atoms with van der Waals surface area (Å²) in [5.41, 5.74) is 0.592. The highest BCUT2D eigenvalue weighted by molar-refractivity contribution is 6.08. The van der Waals surface area contributed by atoms with E-state index in [4.69, 9.17) is 0 Å². The molecule has 1 N–H and O–H groups in total. The molecule has 2 aromatic carbocycles. The van der Waals surface area contributed by atoms with Gasteiger partial charge in [0.2, 0.25) is 0 Å². The fourth-order valence-corrected chi connectivity index (χ4v) is 2.47. The van der Waals surface area contributed by atoms with Crippen LogP contribution in [0.5, 0.6) is 0 Å². The highest BCUT2D eigenvalue weighted by Crippen LogP contribution is 2.28. The van der Waals surface area contributed by atoms with E-state index < -0.39 is 17.8 Å². The average molecular weight is 368 g/mol. The van der Waals surface area contributed by atoms with Gasteiger partial charge in [-0.15, -0.1) is 10.2 Å². The molecule has 0 unspecified atom stereocenters. The molecule has 0 saturated carbocycles. The molecule has 1 aromatic heterocycles. The average Bonchev–Trinajstić information content (AvgIpc) is 2.67. The summed E-state index contributed by atoms with van der Waals surface area (Å²) in [6.45, 7) is 0. The van der Waals surface area contributed by atoms with Gasteiger partial charge in [-0.2, -0.15) is 18.4 Å². The largest absolute Gasteiger partial charge is 0.435 e. The third kappa shape index (κ3) is 3.93. The van der Waals surface area contributed by atoms with Crippen molar-refractivity contribution >= 4 is 11.7 Å². The molecule has 27 heavy (non-hydrogen) atoms. The van der Waals surface area contributed by atoms with Gasteiger partial charge in [0.25, 0.3) is 5.91 Å². The van der Waals surface area contributed by atoms with Gasteiger partial charge in [-0.05, 0) is 29.8 Å².